The smallest absolute Gasteiger partial charge is 0.257 e. The molecule has 0 aliphatic carbocycles. The maximum Gasteiger partial charge on any atom is 0.257 e. The Kier molecular flexibility index (Phi) is 4.70. The zero-order chi connectivity index (χ0) is 15.2. The summed E-state index contributed by atoms with van der Waals surface area (Å²) < 4.78 is 13.4. The Balaban J connectivity index is 2.32. The zero-order valence-electron chi connectivity index (χ0n) is 11.5. The van der Waals surface area contributed by atoms with E-state index in [0.29, 0.717) is 11.3 Å². The molecular weight excluding hydrogens is 269 g/mol. The highest BCUT2D eigenvalue weighted by Gasteiger charge is 2.12. The number of carbonyl (C=O) groups is 1. The molecule has 106 valence electrons. The quantitative estimate of drug-likeness (QED) is 0.833. The van der Waals surface area contributed by atoms with E-state index in [1.54, 1.807) is 6.07 Å². The first-order valence-corrected chi connectivity index (χ1v) is 6.37. The molecule has 0 heterocycles. The van der Waals surface area contributed by atoms with Gasteiger partial charge in [-0.25, -0.2) is 4.39 Å². The summed E-state index contributed by atoms with van der Waals surface area (Å²) in [6, 6.07) is 11.1. The fraction of sp³-hybridized carbons (Fsp3) is 0.118. The molecular formula is C17H14FNO2. The van der Waals surface area contributed by atoms with Crippen molar-refractivity contribution in [2.45, 2.75) is 6.92 Å². The molecule has 0 saturated carbocycles. The van der Waals surface area contributed by atoms with Gasteiger partial charge in [0.05, 0.1) is 5.56 Å². The van der Waals surface area contributed by atoms with Crippen LogP contribution in [0, 0.1) is 24.6 Å². The normalized spacial score (nSPS) is 9.67. The van der Waals surface area contributed by atoms with Crippen molar-refractivity contribution in [1.82, 2.24) is 0 Å². The Hall–Kier alpha value is -2.64. The van der Waals surface area contributed by atoms with Crippen LogP contribution in [0.3, 0.4) is 0 Å². The first-order chi connectivity index (χ1) is 10.1. The van der Waals surface area contributed by atoms with E-state index >= 15 is 0 Å². The van der Waals surface area contributed by atoms with Crippen LogP contribution in [0.4, 0.5) is 10.1 Å². The van der Waals surface area contributed by atoms with Crippen molar-refractivity contribution in [3.05, 3.63) is 65.0 Å². The van der Waals surface area contributed by atoms with E-state index in [0.717, 1.165) is 11.6 Å². The third-order valence-electron chi connectivity index (χ3n) is 2.80. The molecule has 4 heteroatoms. The van der Waals surface area contributed by atoms with Crippen molar-refractivity contribution < 1.29 is 14.3 Å². The summed E-state index contributed by atoms with van der Waals surface area (Å²) in [6.07, 6.45) is 0. The fourth-order valence-electron chi connectivity index (χ4n) is 1.87. The van der Waals surface area contributed by atoms with Gasteiger partial charge in [0.1, 0.15) is 12.4 Å². The molecule has 0 aliphatic rings. The van der Waals surface area contributed by atoms with Gasteiger partial charge in [0, 0.05) is 11.3 Å². The molecule has 1 amide bonds. The molecule has 0 unspecified atom stereocenters. The van der Waals surface area contributed by atoms with E-state index in [4.69, 9.17) is 5.11 Å². The van der Waals surface area contributed by atoms with Crippen LogP contribution < -0.4 is 5.32 Å². The Labute approximate surface area is 122 Å². The number of aliphatic hydroxyl groups is 1. The minimum Gasteiger partial charge on any atom is -0.384 e. The summed E-state index contributed by atoms with van der Waals surface area (Å²) in [6.45, 7) is 1.59. The highest BCUT2D eigenvalue weighted by atomic mass is 19.1. The van der Waals surface area contributed by atoms with Crippen LogP contribution in [0.1, 0.15) is 21.5 Å². The molecule has 0 fully saturated rings. The van der Waals surface area contributed by atoms with E-state index in [1.165, 1.54) is 12.1 Å². The summed E-state index contributed by atoms with van der Waals surface area (Å²) in [5.41, 5.74) is 2.14. The largest absolute Gasteiger partial charge is 0.384 e. The summed E-state index contributed by atoms with van der Waals surface area (Å²) in [5.74, 6) is 4.14. The molecule has 2 aromatic carbocycles. The van der Waals surface area contributed by atoms with Crippen molar-refractivity contribution in [3.8, 4) is 11.8 Å². The molecule has 0 bridgehead atoms. The number of amides is 1. The number of rotatable bonds is 2. The molecule has 0 atom stereocenters. The number of benzene rings is 2. The van der Waals surface area contributed by atoms with Crippen molar-refractivity contribution >= 4 is 11.6 Å². The minimum absolute atomic E-state index is 0.137. The van der Waals surface area contributed by atoms with E-state index in [9.17, 15) is 9.18 Å². The minimum atomic E-state index is -0.515. The predicted molar refractivity (Wildman–Crippen MR) is 79.5 cm³/mol. The lowest BCUT2D eigenvalue weighted by molar-refractivity contribution is 0.102. The first-order valence-electron chi connectivity index (χ1n) is 6.37. The van der Waals surface area contributed by atoms with E-state index in [-0.39, 0.29) is 12.2 Å². The zero-order valence-corrected chi connectivity index (χ0v) is 11.5. The van der Waals surface area contributed by atoms with Gasteiger partial charge in [-0.2, -0.15) is 0 Å². The van der Waals surface area contributed by atoms with E-state index in [1.807, 2.05) is 25.1 Å². The second kappa shape index (κ2) is 6.69. The average molecular weight is 283 g/mol. The molecule has 3 nitrogen and oxygen atoms in total. The number of aliphatic hydroxyl groups excluding tert-OH is 1. The predicted octanol–water partition coefficient (Wildman–Crippen LogP) is 2.73. The number of nitrogens with one attached hydrogen (secondary N) is 1. The van der Waals surface area contributed by atoms with Crippen LogP contribution in [0.2, 0.25) is 0 Å². The van der Waals surface area contributed by atoms with Crippen LogP contribution in [-0.2, 0) is 0 Å². The molecule has 2 N–H and O–H groups in total. The molecule has 0 spiro atoms. The van der Waals surface area contributed by atoms with Crippen molar-refractivity contribution in [1.29, 1.82) is 0 Å². The SMILES string of the molecule is Cc1cccc(NC(=O)c2cc(F)ccc2C#CCO)c1. The summed E-state index contributed by atoms with van der Waals surface area (Å²) in [5, 5.41) is 11.4. The monoisotopic (exact) mass is 283 g/mol. The van der Waals surface area contributed by atoms with Gasteiger partial charge in [0.15, 0.2) is 0 Å². The second-order valence-corrected chi connectivity index (χ2v) is 4.47. The van der Waals surface area contributed by atoms with Crippen molar-refractivity contribution in [3.63, 3.8) is 0 Å². The molecule has 0 aliphatic heterocycles. The molecule has 21 heavy (non-hydrogen) atoms. The third kappa shape index (κ3) is 3.91. The van der Waals surface area contributed by atoms with Gasteiger partial charge in [-0.15, -0.1) is 0 Å². The fourth-order valence-corrected chi connectivity index (χ4v) is 1.87. The van der Waals surface area contributed by atoms with E-state index < -0.39 is 11.7 Å². The Morgan fingerprint density at radius 3 is 2.81 bits per heavy atom. The number of hydrogen-bond acceptors (Lipinski definition) is 2. The maximum absolute atomic E-state index is 13.4. The number of aryl methyl sites for hydroxylation is 1. The highest BCUT2D eigenvalue weighted by Crippen LogP contribution is 2.15. The second-order valence-electron chi connectivity index (χ2n) is 4.47. The van der Waals surface area contributed by atoms with Gasteiger partial charge in [0.25, 0.3) is 5.91 Å². The van der Waals surface area contributed by atoms with Gasteiger partial charge < -0.3 is 10.4 Å². The number of carbonyl (C=O) groups excluding carboxylic acids is 1. The van der Waals surface area contributed by atoms with Crippen LogP contribution >= 0.6 is 0 Å². The summed E-state index contributed by atoms with van der Waals surface area (Å²) in [7, 11) is 0. The topological polar surface area (TPSA) is 49.3 Å². The first kappa shape index (κ1) is 14.8. The number of halogens is 1. The van der Waals surface area contributed by atoms with Crippen LogP contribution in [0.25, 0.3) is 0 Å². The Morgan fingerprint density at radius 1 is 1.29 bits per heavy atom. The average Bonchev–Trinajstić information content (AvgIpc) is 2.46. The molecule has 2 aromatic rings. The summed E-state index contributed by atoms with van der Waals surface area (Å²) in [4.78, 5) is 12.3. The van der Waals surface area contributed by atoms with Crippen molar-refractivity contribution in [2.75, 3.05) is 11.9 Å². The lowest BCUT2D eigenvalue weighted by Gasteiger charge is -2.08. The maximum atomic E-state index is 13.4. The third-order valence-corrected chi connectivity index (χ3v) is 2.80. The standard InChI is InChI=1S/C17H14FNO2/c1-12-4-2-6-15(10-12)19-17(21)16-11-14(18)8-7-13(16)5-3-9-20/h2,4,6-8,10-11,20H,9H2,1H3,(H,19,21). The highest BCUT2D eigenvalue weighted by molar-refractivity contribution is 6.06. The lowest BCUT2D eigenvalue weighted by Crippen LogP contribution is -2.14. The lowest BCUT2D eigenvalue weighted by atomic mass is 10.1. The number of hydrogen-bond donors (Lipinski definition) is 2. The molecule has 2 rings (SSSR count). The van der Waals surface area contributed by atoms with Crippen LogP contribution in [-0.4, -0.2) is 17.6 Å². The van der Waals surface area contributed by atoms with Gasteiger partial charge in [-0.05, 0) is 42.8 Å². The van der Waals surface area contributed by atoms with Crippen molar-refractivity contribution in [2.24, 2.45) is 0 Å². The number of anilines is 1. The van der Waals surface area contributed by atoms with Crippen LogP contribution in [0.5, 0.6) is 0 Å². The Morgan fingerprint density at radius 2 is 2.10 bits per heavy atom. The summed E-state index contributed by atoms with van der Waals surface area (Å²) >= 11 is 0. The van der Waals surface area contributed by atoms with Gasteiger partial charge in [0.2, 0.25) is 0 Å². The van der Waals surface area contributed by atoms with Gasteiger partial charge in [-0.3, -0.25) is 4.79 Å². The van der Waals surface area contributed by atoms with Gasteiger partial charge >= 0.3 is 0 Å². The Bertz CT molecular complexity index is 729. The van der Waals surface area contributed by atoms with Crippen LogP contribution in [0.15, 0.2) is 42.5 Å². The van der Waals surface area contributed by atoms with E-state index in [2.05, 4.69) is 17.2 Å². The van der Waals surface area contributed by atoms with Gasteiger partial charge in [-0.1, -0.05) is 24.0 Å². The molecule has 0 radical (unpaired) electrons. The molecule has 0 aromatic heterocycles. The molecule has 0 saturated heterocycles.